The molecule has 0 saturated heterocycles. The quantitative estimate of drug-likeness (QED) is 0.607. The molecule has 2 aromatic rings. The minimum absolute atomic E-state index is 0.270. The van der Waals surface area contributed by atoms with E-state index in [-0.39, 0.29) is 5.92 Å². The summed E-state index contributed by atoms with van der Waals surface area (Å²) >= 11 is 0. The number of benzene rings is 2. The van der Waals surface area contributed by atoms with Gasteiger partial charge >= 0.3 is 12.0 Å². The number of nitriles is 1. The van der Waals surface area contributed by atoms with Gasteiger partial charge in [-0.05, 0) is 37.1 Å². The van der Waals surface area contributed by atoms with Gasteiger partial charge in [0.15, 0.2) is 6.10 Å². The molecule has 0 radical (unpaired) electrons. The van der Waals surface area contributed by atoms with E-state index in [0.717, 1.165) is 0 Å². The number of amides is 3. The summed E-state index contributed by atoms with van der Waals surface area (Å²) in [6.07, 6.45) is -1.12. The van der Waals surface area contributed by atoms with E-state index >= 15 is 0 Å². The summed E-state index contributed by atoms with van der Waals surface area (Å²) in [5.74, 6) is -1.58. The Morgan fingerprint density at radius 3 is 2.20 bits per heavy atom. The van der Waals surface area contributed by atoms with Gasteiger partial charge in [-0.15, -0.1) is 0 Å². The average Bonchev–Trinajstić information content (AvgIpc) is 2.72. The van der Waals surface area contributed by atoms with Crippen LogP contribution in [0.1, 0.15) is 26.3 Å². The number of ether oxygens (including phenoxy) is 1. The maximum Gasteiger partial charge on any atom is 0.329 e. The monoisotopic (exact) mass is 408 g/mol. The molecule has 3 N–H and O–H groups in total. The van der Waals surface area contributed by atoms with E-state index in [1.807, 2.05) is 12.1 Å². The molecular weight excluding hydrogens is 384 g/mol. The highest BCUT2D eigenvalue weighted by molar-refractivity contribution is 5.97. The number of esters is 1. The molecule has 0 saturated carbocycles. The molecule has 8 heteroatoms. The van der Waals surface area contributed by atoms with Crippen LogP contribution in [-0.2, 0) is 14.3 Å². The SMILES string of the molecule is CC(C)[C@@H](NC(=O)Nc1ccccc1)C(=O)O[C@H](C)C(=O)Nc1ccccc1C#N. The summed E-state index contributed by atoms with van der Waals surface area (Å²) in [4.78, 5) is 37.2. The first-order valence-electron chi connectivity index (χ1n) is 9.45. The Morgan fingerprint density at radius 2 is 1.57 bits per heavy atom. The standard InChI is InChI=1S/C22H24N4O4/c1-14(2)19(26-22(29)24-17-10-5-4-6-11-17)21(28)30-15(3)20(27)25-18-12-8-7-9-16(18)13-23/h4-12,14-15,19H,1-3H3,(H,25,27)(H2,24,26,29)/t15-,19-/m1/s1. The van der Waals surface area contributed by atoms with Crippen molar-refractivity contribution < 1.29 is 19.1 Å². The van der Waals surface area contributed by atoms with E-state index in [9.17, 15) is 14.4 Å². The van der Waals surface area contributed by atoms with Gasteiger partial charge in [-0.25, -0.2) is 9.59 Å². The molecule has 2 atom stereocenters. The first kappa shape index (κ1) is 22.4. The summed E-state index contributed by atoms with van der Waals surface area (Å²) in [5.41, 5.74) is 1.20. The molecule has 0 aliphatic heterocycles. The number of carbonyl (C=O) groups excluding carboxylic acids is 3. The highest BCUT2D eigenvalue weighted by Gasteiger charge is 2.29. The number of hydrogen-bond acceptors (Lipinski definition) is 5. The number of para-hydroxylation sites is 2. The predicted molar refractivity (Wildman–Crippen MR) is 113 cm³/mol. The molecule has 0 spiro atoms. The Kier molecular flexibility index (Phi) is 7.94. The van der Waals surface area contributed by atoms with Gasteiger partial charge in [-0.3, -0.25) is 4.79 Å². The third-order valence-electron chi connectivity index (χ3n) is 4.21. The summed E-state index contributed by atoms with van der Waals surface area (Å²) < 4.78 is 5.26. The van der Waals surface area contributed by atoms with E-state index in [2.05, 4.69) is 16.0 Å². The van der Waals surface area contributed by atoms with Crippen LogP contribution in [0.15, 0.2) is 54.6 Å². The van der Waals surface area contributed by atoms with Crippen molar-refractivity contribution in [2.75, 3.05) is 10.6 Å². The molecule has 2 rings (SSSR count). The van der Waals surface area contributed by atoms with Crippen molar-refractivity contribution in [1.82, 2.24) is 5.32 Å². The van der Waals surface area contributed by atoms with Crippen LogP contribution >= 0.6 is 0 Å². The molecule has 30 heavy (non-hydrogen) atoms. The predicted octanol–water partition coefficient (Wildman–Crippen LogP) is 3.27. The lowest BCUT2D eigenvalue weighted by Crippen LogP contribution is -2.48. The van der Waals surface area contributed by atoms with Crippen molar-refractivity contribution in [3.05, 3.63) is 60.2 Å². The van der Waals surface area contributed by atoms with E-state index in [1.54, 1.807) is 62.4 Å². The van der Waals surface area contributed by atoms with Gasteiger partial charge in [0.05, 0.1) is 11.3 Å². The van der Waals surface area contributed by atoms with Crippen LogP contribution in [0.3, 0.4) is 0 Å². The molecule has 0 aliphatic carbocycles. The topological polar surface area (TPSA) is 120 Å². The Hall–Kier alpha value is -3.86. The van der Waals surface area contributed by atoms with Crippen LogP contribution in [-0.4, -0.2) is 30.1 Å². The zero-order chi connectivity index (χ0) is 22.1. The largest absolute Gasteiger partial charge is 0.451 e. The zero-order valence-corrected chi connectivity index (χ0v) is 17.0. The molecule has 0 fully saturated rings. The lowest BCUT2D eigenvalue weighted by atomic mass is 10.0. The summed E-state index contributed by atoms with van der Waals surface area (Å²) in [7, 11) is 0. The molecule has 0 aromatic heterocycles. The van der Waals surface area contributed by atoms with Crippen molar-refractivity contribution in [3.8, 4) is 6.07 Å². The molecule has 0 unspecified atom stereocenters. The summed E-state index contributed by atoms with van der Waals surface area (Å²) in [6.45, 7) is 4.93. The van der Waals surface area contributed by atoms with Crippen molar-refractivity contribution in [2.24, 2.45) is 5.92 Å². The third-order valence-corrected chi connectivity index (χ3v) is 4.21. The number of nitrogens with zero attached hydrogens (tertiary/aromatic N) is 1. The molecule has 3 amide bonds. The van der Waals surface area contributed by atoms with E-state index in [4.69, 9.17) is 10.00 Å². The number of anilines is 2. The molecule has 156 valence electrons. The zero-order valence-electron chi connectivity index (χ0n) is 17.0. The van der Waals surface area contributed by atoms with Crippen molar-refractivity contribution in [2.45, 2.75) is 32.9 Å². The molecule has 0 bridgehead atoms. The first-order valence-corrected chi connectivity index (χ1v) is 9.45. The Morgan fingerprint density at radius 1 is 0.933 bits per heavy atom. The highest BCUT2D eigenvalue weighted by atomic mass is 16.5. The maximum atomic E-state index is 12.6. The van der Waals surface area contributed by atoms with E-state index in [0.29, 0.717) is 16.9 Å². The molecule has 2 aromatic carbocycles. The van der Waals surface area contributed by atoms with Crippen LogP contribution < -0.4 is 16.0 Å². The minimum Gasteiger partial charge on any atom is -0.451 e. The molecule has 0 heterocycles. The van der Waals surface area contributed by atoms with Crippen LogP contribution in [0.2, 0.25) is 0 Å². The number of urea groups is 1. The number of rotatable bonds is 7. The van der Waals surface area contributed by atoms with Crippen LogP contribution in [0.25, 0.3) is 0 Å². The molecular formula is C22H24N4O4. The maximum absolute atomic E-state index is 12.6. The second-order valence-electron chi connectivity index (χ2n) is 6.91. The lowest BCUT2D eigenvalue weighted by Gasteiger charge is -2.23. The number of nitrogens with one attached hydrogen (secondary N) is 3. The van der Waals surface area contributed by atoms with Gasteiger partial charge in [-0.1, -0.05) is 44.2 Å². The summed E-state index contributed by atoms with van der Waals surface area (Å²) in [5, 5.41) is 16.9. The normalized spacial score (nSPS) is 12.2. The van der Waals surface area contributed by atoms with Gasteiger partial charge in [0.2, 0.25) is 0 Å². The molecule has 8 nitrogen and oxygen atoms in total. The van der Waals surface area contributed by atoms with E-state index in [1.165, 1.54) is 6.92 Å². The lowest BCUT2D eigenvalue weighted by molar-refractivity contribution is -0.156. The summed E-state index contributed by atoms with van der Waals surface area (Å²) in [6, 6.07) is 15.8. The van der Waals surface area contributed by atoms with Gasteiger partial charge < -0.3 is 20.7 Å². The van der Waals surface area contributed by atoms with Crippen molar-refractivity contribution in [3.63, 3.8) is 0 Å². The molecule has 0 aliphatic rings. The minimum atomic E-state index is -1.12. The average molecular weight is 408 g/mol. The smallest absolute Gasteiger partial charge is 0.329 e. The van der Waals surface area contributed by atoms with E-state index < -0.39 is 30.1 Å². The van der Waals surface area contributed by atoms with Crippen LogP contribution in [0, 0.1) is 17.2 Å². The Labute approximate surface area is 175 Å². The third kappa shape index (κ3) is 6.34. The number of hydrogen-bond donors (Lipinski definition) is 3. The van der Waals surface area contributed by atoms with Crippen molar-refractivity contribution in [1.29, 1.82) is 5.26 Å². The first-order chi connectivity index (χ1) is 14.3. The second-order valence-corrected chi connectivity index (χ2v) is 6.91. The fourth-order valence-electron chi connectivity index (χ4n) is 2.55. The Bertz CT molecular complexity index is 938. The van der Waals surface area contributed by atoms with Crippen LogP contribution in [0.4, 0.5) is 16.2 Å². The van der Waals surface area contributed by atoms with Crippen LogP contribution in [0.5, 0.6) is 0 Å². The highest BCUT2D eigenvalue weighted by Crippen LogP contribution is 2.15. The second kappa shape index (κ2) is 10.6. The van der Waals surface area contributed by atoms with Gasteiger partial charge in [0.1, 0.15) is 12.1 Å². The Balaban J connectivity index is 1.97. The fourth-order valence-corrected chi connectivity index (χ4v) is 2.55. The van der Waals surface area contributed by atoms with Gasteiger partial charge in [-0.2, -0.15) is 5.26 Å². The van der Waals surface area contributed by atoms with Gasteiger partial charge in [0, 0.05) is 5.69 Å². The fraction of sp³-hybridized carbons (Fsp3) is 0.273. The number of carbonyl (C=O) groups is 3. The van der Waals surface area contributed by atoms with Gasteiger partial charge in [0.25, 0.3) is 5.91 Å². The van der Waals surface area contributed by atoms with Crippen molar-refractivity contribution >= 4 is 29.3 Å².